The lowest BCUT2D eigenvalue weighted by atomic mass is 10.0. The Labute approximate surface area is 422 Å². The monoisotopic (exact) mass is 948 g/mol. The van der Waals surface area contributed by atoms with Gasteiger partial charge in [0.25, 0.3) is 0 Å². The lowest BCUT2D eigenvalue weighted by Gasteiger charge is -2.03. The van der Waals surface area contributed by atoms with Crippen LogP contribution in [0.5, 0.6) is 0 Å². The van der Waals surface area contributed by atoms with E-state index >= 15 is 0 Å². The van der Waals surface area contributed by atoms with Crippen molar-refractivity contribution in [3.8, 4) is 0 Å². The Bertz CT molecular complexity index is 3450. The second-order valence-corrected chi connectivity index (χ2v) is 18.0. The average Bonchev–Trinajstić information content (AvgIpc) is 3.38. The molecule has 360 valence electrons. The number of nitrogens with zero attached hydrogens (tertiary/aromatic N) is 11. The van der Waals surface area contributed by atoms with E-state index in [1.165, 1.54) is 71.8 Å². The van der Waals surface area contributed by atoms with E-state index in [1.807, 2.05) is 63.2 Å². The predicted molar refractivity (Wildman–Crippen MR) is 296 cm³/mol. The normalized spacial score (nSPS) is 10.5. The molecule has 12 rings (SSSR count). The van der Waals surface area contributed by atoms with E-state index in [2.05, 4.69) is 191 Å². The molecule has 0 bridgehead atoms. The van der Waals surface area contributed by atoms with Crippen LogP contribution in [0, 0.1) is 83.1 Å². The van der Waals surface area contributed by atoms with Crippen molar-refractivity contribution < 1.29 is 0 Å². The number of aromatic nitrogens is 11. The molecule has 8 aromatic heterocycles. The summed E-state index contributed by atoms with van der Waals surface area (Å²) < 4.78 is 0. The number of aryl methyl sites for hydroxylation is 12. The lowest BCUT2D eigenvalue weighted by molar-refractivity contribution is 1.19. The molecular formula is C61H61N11. The van der Waals surface area contributed by atoms with E-state index in [0.717, 1.165) is 60.9 Å². The van der Waals surface area contributed by atoms with Crippen molar-refractivity contribution in [2.24, 2.45) is 0 Å². The molecule has 0 radical (unpaired) electrons. The van der Waals surface area contributed by atoms with Crippen molar-refractivity contribution in [1.29, 1.82) is 0 Å². The van der Waals surface area contributed by atoms with Crippen LogP contribution in [0.25, 0.3) is 65.7 Å². The second-order valence-electron chi connectivity index (χ2n) is 18.0. The van der Waals surface area contributed by atoms with Gasteiger partial charge in [-0.3, -0.25) is 54.8 Å². The molecule has 0 amide bonds. The zero-order valence-electron chi connectivity index (χ0n) is 43.4. The third kappa shape index (κ3) is 12.8. The molecule has 0 aliphatic rings. The van der Waals surface area contributed by atoms with E-state index in [0.29, 0.717) is 0 Å². The Morgan fingerprint density at radius 2 is 0.625 bits per heavy atom. The molecule has 0 aliphatic carbocycles. The molecule has 0 atom stereocenters. The summed E-state index contributed by atoms with van der Waals surface area (Å²) in [7, 11) is 0. The maximum Gasteiger partial charge on any atom is 0.0918 e. The lowest BCUT2D eigenvalue weighted by Crippen LogP contribution is -1.88. The van der Waals surface area contributed by atoms with Crippen LogP contribution in [0.2, 0.25) is 0 Å². The highest BCUT2D eigenvalue weighted by Gasteiger charge is 2.04. The van der Waals surface area contributed by atoms with E-state index in [-0.39, 0.29) is 0 Å². The smallest absolute Gasteiger partial charge is 0.0918 e. The van der Waals surface area contributed by atoms with Crippen LogP contribution in [0.3, 0.4) is 0 Å². The summed E-state index contributed by atoms with van der Waals surface area (Å²) >= 11 is 0. The largest absolute Gasteiger partial charge is 0.264 e. The van der Waals surface area contributed by atoms with Crippen LogP contribution in [0.1, 0.15) is 67.0 Å². The fourth-order valence-electron chi connectivity index (χ4n) is 8.06. The second kappa shape index (κ2) is 23.8. The molecule has 0 fully saturated rings. The number of rotatable bonds is 0. The number of benzene rings is 4. The van der Waals surface area contributed by atoms with Crippen LogP contribution < -0.4 is 0 Å². The van der Waals surface area contributed by atoms with E-state index < -0.39 is 0 Å². The van der Waals surface area contributed by atoms with Gasteiger partial charge in [-0.2, -0.15) is 0 Å². The molecule has 0 N–H and O–H groups in total. The summed E-state index contributed by atoms with van der Waals surface area (Å²) in [5.41, 5.74) is 22.3. The maximum atomic E-state index is 4.28. The van der Waals surface area contributed by atoms with Gasteiger partial charge in [-0.05, 0) is 186 Å². The first-order valence-corrected chi connectivity index (χ1v) is 23.9. The van der Waals surface area contributed by atoms with Gasteiger partial charge in [0.1, 0.15) is 0 Å². The predicted octanol–water partition coefficient (Wildman–Crippen LogP) is 14.1. The molecule has 0 aliphatic heterocycles. The van der Waals surface area contributed by atoms with Gasteiger partial charge in [-0.25, -0.2) is 0 Å². The fraction of sp³-hybridized carbons (Fsp3) is 0.197. The summed E-state index contributed by atoms with van der Waals surface area (Å²) in [5.74, 6) is 0. The van der Waals surface area contributed by atoms with Crippen molar-refractivity contribution in [3.63, 3.8) is 0 Å². The number of pyridine rings is 5. The molecule has 11 nitrogen and oxygen atoms in total. The zero-order valence-corrected chi connectivity index (χ0v) is 43.4. The van der Waals surface area contributed by atoms with E-state index in [1.54, 1.807) is 37.2 Å². The minimum absolute atomic E-state index is 0.973. The zero-order chi connectivity index (χ0) is 51.3. The first-order valence-electron chi connectivity index (χ1n) is 23.9. The molecule has 8 heterocycles. The van der Waals surface area contributed by atoms with Gasteiger partial charge in [0.2, 0.25) is 0 Å². The molecule has 0 spiro atoms. The van der Waals surface area contributed by atoms with Crippen molar-refractivity contribution in [2.45, 2.75) is 83.1 Å². The summed E-state index contributed by atoms with van der Waals surface area (Å²) in [6.07, 6.45) is 21.6. The Morgan fingerprint density at radius 1 is 0.250 bits per heavy atom. The van der Waals surface area contributed by atoms with Crippen LogP contribution in [-0.4, -0.2) is 54.8 Å². The number of hydrogen-bond donors (Lipinski definition) is 0. The van der Waals surface area contributed by atoms with Gasteiger partial charge in [0.15, 0.2) is 0 Å². The van der Waals surface area contributed by atoms with E-state index in [9.17, 15) is 0 Å². The Kier molecular flexibility index (Phi) is 17.0. The molecular weight excluding hydrogens is 887 g/mol. The van der Waals surface area contributed by atoms with Gasteiger partial charge >= 0.3 is 0 Å². The standard InChI is InChI=1S/C11H11N.5C10H10N2/c1-8-4-3-5-10-7-12-6-9(2)11(8)10;1-7-3-9-4-8(2)12-6-10(9)5-11-7;1-7-3-5-12-10-8(2)4-6-11-9(7)10;1-7-5-9-10(6-8(7)2)12-4-3-11-9;2*1-7-3-4-8(2)10-9(7)11-5-6-12-10/h3-7H,1-2H3;5*3-6H,1-2H3. The maximum absolute atomic E-state index is 4.28. The van der Waals surface area contributed by atoms with Crippen molar-refractivity contribution in [1.82, 2.24) is 54.8 Å². The number of hydrogen-bond acceptors (Lipinski definition) is 11. The molecule has 0 unspecified atom stereocenters. The van der Waals surface area contributed by atoms with Crippen LogP contribution in [-0.2, 0) is 0 Å². The third-order valence-electron chi connectivity index (χ3n) is 12.2. The van der Waals surface area contributed by atoms with Crippen LogP contribution in [0.15, 0.2) is 153 Å². The topological polar surface area (TPSA) is 142 Å². The SMILES string of the molecule is Cc1cc2cc(C)ncc2cn1.Cc1cc2nccnc2cc1C.Cc1ccc(C)c2nccnc12.Cc1ccc(C)c2nccnc12.Cc1cccc2cncc(C)c12.Cc1ccnc2c(C)ccnc12. The third-order valence-corrected chi connectivity index (χ3v) is 12.2. The highest BCUT2D eigenvalue weighted by molar-refractivity contribution is 5.88. The summed E-state index contributed by atoms with van der Waals surface area (Å²) in [6.45, 7) is 24.7. The van der Waals surface area contributed by atoms with Gasteiger partial charge < -0.3 is 0 Å². The van der Waals surface area contributed by atoms with Gasteiger partial charge in [-0.15, -0.1) is 0 Å². The Morgan fingerprint density at radius 3 is 1.03 bits per heavy atom. The Balaban J connectivity index is 0.000000127. The quantitative estimate of drug-likeness (QED) is 0.143. The van der Waals surface area contributed by atoms with Crippen molar-refractivity contribution in [3.05, 3.63) is 220 Å². The van der Waals surface area contributed by atoms with E-state index in [4.69, 9.17) is 0 Å². The summed E-state index contributed by atoms with van der Waals surface area (Å²) in [4.78, 5) is 46.7. The van der Waals surface area contributed by atoms with Gasteiger partial charge in [-0.1, -0.05) is 42.5 Å². The molecule has 12 aromatic rings. The first-order chi connectivity index (χ1) is 34.7. The van der Waals surface area contributed by atoms with Crippen LogP contribution in [0.4, 0.5) is 0 Å². The average molecular weight is 948 g/mol. The molecule has 4 aromatic carbocycles. The van der Waals surface area contributed by atoms with Gasteiger partial charge in [0, 0.05) is 96.5 Å². The van der Waals surface area contributed by atoms with Crippen molar-refractivity contribution in [2.75, 3.05) is 0 Å². The van der Waals surface area contributed by atoms with Gasteiger partial charge in [0.05, 0.1) is 44.1 Å². The molecule has 0 saturated heterocycles. The van der Waals surface area contributed by atoms with Crippen molar-refractivity contribution >= 4 is 65.7 Å². The molecule has 11 heteroatoms. The highest BCUT2D eigenvalue weighted by Crippen LogP contribution is 2.22. The first kappa shape index (κ1) is 51.3. The Hall–Kier alpha value is -8.57. The fourth-order valence-corrected chi connectivity index (χ4v) is 8.06. The summed E-state index contributed by atoms with van der Waals surface area (Å²) in [5, 5.41) is 4.89. The minimum atomic E-state index is 0.973. The molecule has 0 saturated carbocycles. The van der Waals surface area contributed by atoms with Crippen LogP contribution >= 0.6 is 0 Å². The molecule has 72 heavy (non-hydrogen) atoms. The summed E-state index contributed by atoms with van der Waals surface area (Å²) in [6, 6.07) is 26.8. The number of fused-ring (bicyclic) bond motifs is 6. The highest BCUT2D eigenvalue weighted by atomic mass is 14.8. The minimum Gasteiger partial charge on any atom is -0.264 e.